The van der Waals surface area contributed by atoms with E-state index in [0.717, 1.165) is 38.5 Å². The molecule has 5 nitrogen and oxygen atoms in total. The molecule has 1 atom stereocenters. The van der Waals surface area contributed by atoms with Gasteiger partial charge in [0.05, 0.1) is 0 Å². The van der Waals surface area contributed by atoms with Crippen LogP contribution in [0.3, 0.4) is 0 Å². The molecular formula is C16H24N4O. The minimum Gasteiger partial charge on any atom is -0.479 e. The van der Waals surface area contributed by atoms with E-state index in [1.165, 1.54) is 5.56 Å². The van der Waals surface area contributed by atoms with Gasteiger partial charge in [0.15, 0.2) is 6.61 Å². The summed E-state index contributed by atoms with van der Waals surface area (Å²) in [5, 5.41) is 12.0. The SMILES string of the molecule is CN1CCN(C)C(CNCc2cccc(OCC#N)c2)C1. The van der Waals surface area contributed by atoms with Crippen LogP contribution in [-0.4, -0.2) is 62.7 Å². The minimum atomic E-state index is 0.0933. The monoisotopic (exact) mass is 288 g/mol. The van der Waals surface area contributed by atoms with Gasteiger partial charge < -0.3 is 15.0 Å². The van der Waals surface area contributed by atoms with E-state index < -0.39 is 0 Å². The first kappa shape index (κ1) is 15.8. The summed E-state index contributed by atoms with van der Waals surface area (Å²) in [4.78, 5) is 4.79. The molecule has 1 aromatic carbocycles. The van der Waals surface area contributed by atoms with Crippen molar-refractivity contribution in [2.45, 2.75) is 12.6 Å². The summed E-state index contributed by atoms with van der Waals surface area (Å²) in [6.07, 6.45) is 0. The molecule has 0 amide bonds. The average molecular weight is 288 g/mol. The second-order valence-corrected chi connectivity index (χ2v) is 5.62. The van der Waals surface area contributed by atoms with E-state index in [9.17, 15) is 0 Å². The van der Waals surface area contributed by atoms with Crippen LogP contribution in [0.5, 0.6) is 5.75 Å². The smallest absolute Gasteiger partial charge is 0.174 e. The van der Waals surface area contributed by atoms with Crippen LogP contribution in [0, 0.1) is 11.3 Å². The van der Waals surface area contributed by atoms with Gasteiger partial charge in [-0.25, -0.2) is 0 Å². The third kappa shape index (κ3) is 5.01. The zero-order valence-corrected chi connectivity index (χ0v) is 12.9. The van der Waals surface area contributed by atoms with Gasteiger partial charge in [-0.05, 0) is 31.8 Å². The van der Waals surface area contributed by atoms with Crippen molar-refractivity contribution in [3.05, 3.63) is 29.8 Å². The van der Waals surface area contributed by atoms with E-state index in [1.54, 1.807) is 0 Å². The Morgan fingerprint density at radius 3 is 3.05 bits per heavy atom. The summed E-state index contributed by atoms with van der Waals surface area (Å²) in [5.74, 6) is 0.755. The minimum absolute atomic E-state index is 0.0933. The summed E-state index contributed by atoms with van der Waals surface area (Å²) in [6.45, 7) is 5.26. The molecule has 1 heterocycles. The average Bonchev–Trinajstić information content (AvgIpc) is 2.49. The summed E-state index contributed by atoms with van der Waals surface area (Å²) < 4.78 is 5.32. The van der Waals surface area contributed by atoms with Crippen molar-refractivity contribution in [3.8, 4) is 11.8 Å². The van der Waals surface area contributed by atoms with E-state index in [2.05, 4.69) is 35.3 Å². The molecule has 0 aromatic heterocycles. The molecular weight excluding hydrogens is 264 g/mol. The van der Waals surface area contributed by atoms with Crippen LogP contribution in [0.1, 0.15) is 5.56 Å². The summed E-state index contributed by atoms with van der Waals surface area (Å²) in [7, 11) is 4.37. The summed E-state index contributed by atoms with van der Waals surface area (Å²) in [5.41, 5.74) is 1.18. The second kappa shape index (κ2) is 7.99. The van der Waals surface area contributed by atoms with Crippen molar-refractivity contribution < 1.29 is 4.74 Å². The predicted octanol–water partition coefficient (Wildman–Crippen LogP) is 0.924. The Bertz CT molecular complexity index is 485. The van der Waals surface area contributed by atoms with Crippen LogP contribution in [0.15, 0.2) is 24.3 Å². The van der Waals surface area contributed by atoms with Gasteiger partial charge in [-0.2, -0.15) is 5.26 Å². The standard InChI is InChI=1S/C16H24N4O/c1-19-7-8-20(2)15(13-19)12-18-11-14-4-3-5-16(10-14)21-9-6-17/h3-5,10,15,18H,7-9,11-13H2,1-2H3. The molecule has 114 valence electrons. The van der Waals surface area contributed by atoms with Gasteiger partial charge in [0.25, 0.3) is 0 Å². The van der Waals surface area contributed by atoms with Crippen molar-refractivity contribution in [2.75, 3.05) is 46.9 Å². The van der Waals surface area contributed by atoms with Gasteiger partial charge in [-0.3, -0.25) is 4.90 Å². The van der Waals surface area contributed by atoms with Crippen LogP contribution < -0.4 is 10.1 Å². The number of nitriles is 1. The maximum absolute atomic E-state index is 8.53. The first-order valence-electron chi connectivity index (χ1n) is 7.37. The maximum atomic E-state index is 8.53. The van der Waals surface area contributed by atoms with Crippen molar-refractivity contribution in [1.82, 2.24) is 15.1 Å². The molecule has 0 radical (unpaired) electrons. The quantitative estimate of drug-likeness (QED) is 0.844. The van der Waals surface area contributed by atoms with E-state index in [1.807, 2.05) is 24.3 Å². The third-order valence-electron chi connectivity index (χ3n) is 3.89. The Morgan fingerprint density at radius 1 is 1.38 bits per heavy atom. The Kier molecular flexibility index (Phi) is 6.00. The lowest BCUT2D eigenvalue weighted by molar-refractivity contribution is 0.113. The fraction of sp³-hybridized carbons (Fsp3) is 0.562. The summed E-state index contributed by atoms with van der Waals surface area (Å²) >= 11 is 0. The van der Waals surface area contributed by atoms with E-state index >= 15 is 0 Å². The van der Waals surface area contributed by atoms with Gasteiger partial charge >= 0.3 is 0 Å². The first-order chi connectivity index (χ1) is 10.2. The molecule has 0 spiro atoms. The maximum Gasteiger partial charge on any atom is 0.174 e. The van der Waals surface area contributed by atoms with Crippen molar-refractivity contribution in [3.63, 3.8) is 0 Å². The lowest BCUT2D eigenvalue weighted by Gasteiger charge is -2.37. The highest BCUT2D eigenvalue weighted by atomic mass is 16.5. The highest BCUT2D eigenvalue weighted by Crippen LogP contribution is 2.13. The molecule has 0 saturated carbocycles. The topological polar surface area (TPSA) is 51.5 Å². The molecule has 1 aliphatic heterocycles. The van der Waals surface area contributed by atoms with Gasteiger partial charge in [0.1, 0.15) is 11.8 Å². The zero-order valence-electron chi connectivity index (χ0n) is 12.9. The van der Waals surface area contributed by atoms with E-state index in [4.69, 9.17) is 10.00 Å². The number of nitrogens with zero attached hydrogens (tertiary/aromatic N) is 3. The Hall–Kier alpha value is -1.61. The molecule has 1 N–H and O–H groups in total. The van der Waals surface area contributed by atoms with Crippen LogP contribution in [-0.2, 0) is 6.54 Å². The van der Waals surface area contributed by atoms with Crippen LogP contribution in [0.4, 0.5) is 0 Å². The molecule has 1 fully saturated rings. The molecule has 1 aromatic rings. The fourth-order valence-electron chi connectivity index (χ4n) is 2.57. The molecule has 1 aliphatic rings. The largest absolute Gasteiger partial charge is 0.479 e. The molecule has 0 aliphatic carbocycles. The predicted molar refractivity (Wildman–Crippen MR) is 83.2 cm³/mol. The van der Waals surface area contributed by atoms with Gasteiger partial charge in [-0.15, -0.1) is 0 Å². The summed E-state index contributed by atoms with van der Waals surface area (Å²) in [6, 6.07) is 10.4. The lowest BCUT2D eigenvalue weighted by atomic mass is 10.1. The number of piperazine rings is 1. The first-order valence-corrected chi connectivity index (χ1v) is 7.37. The third-order valence-corrected chi connectivity index (χ3v) is 3.89. The molecule has 21 heavy (non-hydrogen) atoms. The van der Waals surface area contributed by atoms with Crippen molar-refractivity contribution in [2.24, 2.45) is 0 Å². The van der Waals surface area contributed by atoms with Gasteiger partial charge in [0, 0.05) is 38.8 Å². The van der Waals surface area contributed by atoms with Gasteiger partial charge in [0.2, 0.25) is 0 Å². The van der Waals surface area contributed by atoms with Crippen LogP contribution in [0.25, 0.3) is 0 Å². The second-order valence-electron chi connectivity index (χ2n) is 5.62. The number of ether oxygens (including phenoxy) is 1. The number of rotatable bonds is 6. The number of nitrogens with one attached hydrogen (secondary N) is 1. The molecule has 5 heteroatoms. The van der Waals surface area contributed by atoms with Crippen molar-refractivity contribution >= 4 is 0 Å². The molecule has 0 bridgehead atoms. The highest BCUT2D eigenvalue weighted by molar-refractivity contribution is 5.28. The number of hydrogen-bond acceptors (Lipinski definition) is 5. The Morgan fingerprint density at radius 2 is 2.24 bits per heavy atom. The van der Waals surface area contributed by atoms with Gasteiger partial charge in [-0.1, -0.05) is 12.1 Å². The van der Waals surface area contributed by atoms with E-state index in [-0.39, 0.29) is 6.61 Å². The molecule has 1 saturated heterocycles. The molecule has 2 rings (SSSR count). The number of hydrogen-bond donors (Lipinski definition) is 1. The van der Waals surface area contributed by atoms with Crippen LogP contribution >= 0.6 is 0 Å². The van der Waals surface area contributed by atoms with Crippen LogP contribution in [0.2, 0.25) is 0 Å². The normalized spacial score (nSPS) is 20.1. The highest BCUT2D eigenvalue weighted by Gasteiger charge is 2.21. The molecule has 1 unspecified atom stereocenters. The Balaban J connectivity index is 1.79. The Labute approximate surface area is 127 Å². The fourth-order valence-corrected chi connectivity index (χ4v) is 2.57. The lowest BCUT2D eigenvalue weighted by Crippen LogP contribution is -2.53. The van der Waals surface area contributed by atoms with Crippen molar-refractivity contribution in [1.29, 1.82) is 5.26 Å². The zero-order chi connectivity index (χ0) is 15.1. The number of likely N-dealkylation sites (N-methyl/N-ethyl adjacent to an activating group) is 2. The number of benzene rings is 1. The van der Waals surface area contributed by atoms with E-state index in [0.29, 0.717) is 6.04 Å².